The fourth-order valence-electron chi connectivity index (χ4n) is 2.52. The molecule has 1 aromatic heterocycles. The maximum atomic E-state index is 12.9. The van der Waals surface area contributed by atoms with Crippen LogP contribution in [0.25, 0.3) is 10.1 Å². The van der Waals surface area contributed by atoms with E-state index in [4.69, 9.17) is 16.7 Å². The van der Waals surface area contributed by atoms with Gasteiger partial charge in [-0.15, -0.1) is 11.3 Å². The molecule has 0 atom stereocenters. The van der Waals surface area contributed by atoms with Gasteiger partial charge in [0.1, 0.15) is 4.88 Å². The maximum absolute atomic E-state index is 12.9. The highest BCUT2D eigenvalue weighted by atomic mass is 35.5. The molecule has 0 aliphatic heterocycles. The number of benzene rings is 2. The molecule has 1 N–H and O–H groups in total. The minimum Gasteiger partial charge on any atom is -0.478 e. The van der Waals surface area contributed by atoms with Crippen LogP contribution in [-0.4, -0.2) is 24.0 Å². The number of halogens is 1. The van der Waals surface area contributed by atoms with E-state index in [2.05, 4.69) is 0 Å². The normalized spacial score (nSPS) is 10.8. The van der Waals surface area contributed by atoms with Gasteiger partial charge in [-0.2, -0.15) is 0 Å². The molecular formula is C18H14ClNO3S. The van der Waals surface area contributed by atoms with Gasteiger partial charge in [0.2, 0.25) is 0 Å². The van der Waals surface area contributed by atoms with Gasteiger partial charge in [-0.1, -0.05) is 35.9 Å². The number of carboxylic acids is 1. The van der Waals surface area contributed by atoms with Crippen molar-refractivity contribution in [3.8, 4) is 0 Å². The summed E-state index contributed by atoms with van der Waals surface area (Å²) in [6, 6.07) is 12.3. The molecular weight excluding hydrogens is 346 g/mol. The molecule has 3 rings (SSSR count). The van der Waals surface area contributed by atoms with E-state index in [1.807, 2.05) is 31.2 Å². The largest absolute Gasteiger partial charge is 0.478 e. The summed E-state index contributed by atoms with van der Waals surface area (Å²) in [6.07, 6.45) is 0. The molecule has 0 saturated carbocycles. The van der Waals surface area contributed by atoms with Crippen LogP contribution in [0.4, 0.5) is 5.69 Å². The van der Waals surface area contributed by atoms with Gasteiger partial charge in [-0.05, 0) is 30.7 Å². The Bertz CT molecular complexity index is 964. The second kappa shape index (κ2) is 6.26. The van der Waals surface area contributed by atoms with Gasteiger partial charge in [0.05, 0.1) is 10.6 Å². The van der Waals surface area contributed by atoms with Crippen LogP contribution in [-0.2, 0) is 0 Å². The van der Waals surface area contributed by atoms with Crippen molar-refractivity contribution in [2.45, 2.75) is 6.92 Å². The summed E-state index contributed by atoms with van der Waals surface area (Å²) in [4.78, 5) is 25.9. The third-order valence-electron chi connectivity index (χ3n) is 3.85. The molecule has 0 aliphatic rings. The second-order valence-corrected chi connectivity index (χ2v) is 6.84. The van der Waals surface area contributed by atoms with E-state index in [1.165, 1.54) is 28.4 Å². The predicted octanol–water partition coefficient (Wildman–Crippen LogP) is 4.84. The third kappa shape index (κ3) is 2.77. The van der Waals surface area contributed by atoms with Crippen molar-refractivity contribution in [1.82, 2.24) is 0 Å². The quantitative estimate of drug-likeness (QED) is 0.728. The number of thiophene rings is 1. The fraction of sp³-hybridized carbons (Fsp3) is 0.111. The molecule has 0 bridgehead atoms. The molecule has 122 valence electrons. The number of carbonyl (C=O) groups excluding carboxylic acids is 1. The molecule has 0 unspecified atom stereocenters. The molecule has 0 spiro atoms. The van der Waals surface area contributed by atoms with E-state index < -0.39 is 5.97 Å². The Balaban J connectivity index is 2.04. The van der Waals surface area contributed by atoms with Crippen LogP contribution in [0.5, 0.6) is 0 Å². The second-order valence-electron chi connectivity index (χ2n) is 5.41. The van der Waals surface area contributed by atoms with Crippen LogP contribution in [0.3, 0.4) is 0 Å². The van der Waals surface area contributed by atoms with Crippen molar-refractivity contribution in [1.29, 1.82) is 0 Å². The molecule has 2 aromatic carbocycles. The van der Waals surface area contributed by atoms with Crippen molar-refractivity contribution < 1.29 is 14.7 Å². The van der Waals surface area contributed by atoms with Crippen LogP contribution in [0.2, 0.25) is 5.02 Å². The third-order valence-corrected chi connectivity index (χ3v) is 5.51. The Labute approximate surface area is 147 Å². The Hall–Kier alpha value is -2.37. The Kier molecular flexibility index (Phi) is 4.30. The number of fused-ring (bicyclic) bond motifs is 1. The van der Waals surface area contributed by atoms with E-state index in [9.17, 15) is 9.59 Å². The summed E-state index contributed by atoms with van der Waals surface area (Å²) in [5.41, 5.74) is 1.50. The molecule has 0 saturated heterocycles. The molecule has 3 aromatic rings. The first-order valence-electron chi connectivity index (χ1n) is 7.19. The van der Waals surface area contributed by atoms with Gasteiger partial charge in [0, 0.05) is 22.8 Å². The molecule has 0 fully saturated rings. The zero-order valence-corrected chi connectivity index (χ0v) is 14.6. The number of hydrogen-bond acceptors (Lipinski definition) is 3. The SMILES string of the molecule is Cc1ccc(C(=O)O)cc1N(C)C(=O)c1sc2ccccc2c1Cl. The topological polar surface area (TPSA) is 57.6 Å². The highest BCUT2D eigenvalue weighted by Gasteiger charge is 2.22. The van der Waals surface area contributed by atoms with Crippen LogP contribution in [0.15, 0.2) is 42.5 Å². The molecule has 24 heavy (non-hydrogen) atoms. The number of carbonyl (C=O) groups is 2. The molecule has 6 heteroatoms. The van der Waals surface area contributed by atoms with Crippen molar-refractivity contribution in [2.75, 3.05) is 11.9 Å². The molecule has 4 nitrogen and oxygen atoms in total. The van der Waals surface area contributed by atoms with E-state index >= 15 is 0 Å². The predicted molar refractivity (Wildman–Crippen MR) is 97.7 cm³/mol. The molecule has 0 aliphatic carbocycles. The zero-order valence-electron chi connectivity index (χ0n) is 13.0. The Morgan fingerprint density at radius 1 is 1.17 bits per heavy atom. The lowest BCUT2D eigenvalue weighted by atomic mass is 10.1. The van der Waals surface area contributed by atoms with Crippen LogP contribution in [0, 0.1) is 6.92 Å². The Morgan fingerprint density at radius 2 is 1.88 bits per heavy atom. The van der Waals surface area contributed by atoms with Crippen molar-refractivity contribution in [2.24, 2.45) is 0 Å². The maximum Gasteiger partial charge on any atom is 0.335 e. The van der Waals surface area contributed by atoms with Gasteiger partial charge >= 0.3 is 5.97 Å². The minimum atomic E-state index is -1.03. The van der Waals surface area contributed by atoms with E-state index in [-0.39, 0.29) is 11.5 Å². The van der Waals surface area contributed by atoms with Crippen LogP contribution < -0.4 is 4.90 Å². The summed E-state index contributed by atoms with van der Waals surface area (Å²) in [7, 11) is 1.62. The standard InChI is InChI=1S/C18H14ClNO3S/c1-10-7-8-11(18(22)23)9-13(10)20(2)17(21)16-15(19)12-5-3-4-6-14(12)24-16/h3-9H,1-2H3,(H,22,23). The summed E-state index contributed by atoms with van der Waals surface area (Å²) in [6.45, 7) is 1.83. The van der Waals surface area contributed by atoms with Crippen LogP contribution in [0.1, 0.15) is 25.6 Å². The van der Waals surface area contributed by atoms with Gasteiger partial charge in [0.25, 0.3) is 5.91 Å². The fourth-order valence-corrected chi connectivity index (χ4v) is 4.00. The number of amides is 1. The van der Waals surface area contributed by atoms with Crippen LogP contribution >= 0.6 is 22.9 Å². The lowest BCUT2D eigenvalue weighted by Crippen LogP contribution is -2.26. The van der Waals surface area contributed by atoms with Gasteiger partial charge in [0.15, 0.2) is 0 Å². The molecule has 0 radical (unpaired) electrons. The van der Waals surface area contributed by atoms with Gasteiger partial charge in [-0.25, -0.2) is 4.79 Å². The number of aryl methyl sites for hydroxylation is 1. The Morgan fingerprint density at radius 3 is 2.54 bits per heavy atom. The van der Waals surface area contributed by atoms with Crippen molar-refractivity contribution >= 4 is 50.6 Å². The first-order chi connectivity index (χ1) is 11.4. The number of aromatic carboxylic acids is 1. The number of anilines is 1. The highest BCUT2D eigenvalue weighted by Crippen LogP contribution is 2.36. The molecule has 1 heterocycles. The monoisotopic (exact) mass is 359 g/mol. The smallest absolute Gasteiger partial charge is 0.335 e. The average molecular weight is 360 g/mol. The number of nitrogens with zero attached hydrogens (tertiary/aromatic N) is 1. The first-order valence-corrected chi connectivity index (χ1v) is 8.38. The number of carboxylic acid groups (broad SMARTS) is 1. The van der Waals surface area contributed by atoms with Crippen molar-refractivity contribution in [3.05, 3.63) is 63.5 Å². The van der Waals surface area contributed by atoms with Gasteiger partial charge < -0.3 is 10.0 Å². The number of rotatable bonds is 3. The summed E-state index contributed by atoms with van der Waals surface area (Å²) < 4.78 is 0.940. The average Bonchev–Trinajstić information content (AvgIpc) is 2.91. The van der Waals surface area contributed by atoms with Crippen molar-refractivity contribution in [3.63, 3.8) is 0 Å². The van der Waals surface area contributed by atoms with Gasteiger partial charge in [-0.3, -0.25) is 4.79 Å². The summed E-state index contributed by atoms with van der Waals surface area (Å²) in [5, 5.41) is 10.4. The minimum absolute atomic E-state index is 0.137. The summed E-state index contributed by atoms with van der Waals surface area (Å²) in [5.74, 6) is -1.29. The zero-order chi connectivity index (χ0) is 17.4. The number of hydrogen-bond donors (Lipinski definition) is 1. The molecule has 1 amide bonds. The van der Waals surface area contributed by atoms with E-state index in [1.54, 1.807) is 13.1 Å². The van der Waals surface area contributed by atoms with E-state index in [0.717, 1.165) is 15.6 Å². The summed E-state index contributed by atoms with van der Waals surface area (Å²) >= 11 is 7.71. The first kappa shape index (κ1) is 16.5. The van der Waals surface area contributed by atoms with E-state index in [0.29, 0.717) is 15.6 Å². The lowest BCUT2D eigenvalue weighted by molar-refractivity contribution is 0.0696. The highest BCUT2D eigenvalue weighted by molar-refractivity contribution is 7.21. The lowest BCUT2D eigenvalue weighted by Gasteiger charge is -2.19.